The van der Waals surface area contributed by atoms with Crippen LogP contribution in [-0.2, 0) is 22.5 Å². The number of hydrogen-bond acceptors (Lipinski definition) is 3. The van der Waals surface area contributed by atoms with Crippen LogP contribution in [0.5, 0.6) is 5.75 Å². The van der Waals surface area contributed by atoms with Crippen LogP contribution in [0.15, 0.2) is 54.6 Å². The van der Waals surface area contributed by atoms with E-state index in [-0.39, 0.29) is 12.1 Å². The van der Waals surface area contributed by atoms with E-state index in [9.17, 15) is 4.79 Å². The summed E-state index contributed by atoms with van der Waals surface area (Å²) in [6.07, 6.45) is 16.6. The first-order chi connectivity index (χ1) is 18.9. The van der Waals surface area contributed by atoms with Gasteiger partial charge in [-0.3, -0.25) is 4.79 Å². The van der Waals surface area contributed by atoms with Gasteiger partial charge in [-0.15, -0.1) is 0 Å². The Morgan fingerprint density at radius 1 is 0.769 bits per heavy atom. The Morgan fingerprint density at radius 3 is 2.08 bits per heavy atom. The van der Waals surface area contributed by atoms with Gasteiger partial charge < -0.3 is 14.0 Å². The number of aryl methyl sites for hydroxylation is 1. The van der Waals surface area contributed by atoms with Crippen molar-refractivity contribution in [3.8, 4) is 5.75 Å². The van der Waals surface area contributed by atoms with Crippen molar-refractivity contribution in [2.45, 2.75) is 116 Å². The highest BCUT2D eigenvalue weighted by Crippen LogP contribution is 2.22. The smallest absolute Gasteiger partial charge is 0.305 e. The zero-order valence-corrected chi connectivity index (χ0v) is 25.5. The number of carbonyl (C=O) groups excluding carboxylic acids is 1. The van der Waals surface area contributed by atoms with E-state index in [2.05, 4.69) is 63.5 Å². The van der Waals surface area contributed by atoms with Crippen molar-refractivity contribution in [3.05, 3.63) is 65.7 Å². The molecule has 0 saturated heterocycles. The van der Waals surface area contributed by atoms with Gasteiger partial charge in [-0.1, -0.05) is 113 Å². The molecule has 0 aromatic heterocycles. The number of para-hydroxylation sites is 1. The molecule has 2 aromatic rings. The van der Waals surface area contributed by atoms with E-state index in [0.29, 0.717) is 13.0 Å². The monoisotopic (exact) mass is 538 g/mol. The number of hydrogen-bond donors (Lipinski definition) is 0. The lowest BCUT2D eigenvalue weighted by Crippen LogP contribution is -2.39. The number of quaternary nitrogens is 1. The molecule has 1 unspecified atom stereocenters. The van der Waals surface area contributed by atoms with Gasteiger partial charge in [0.25, 0.3) is 0 Å². The largest absolute Gasteiger partial charge is 0.487 e. The molecule has 0 N–H and O–H groups in total. The van der Waals surface area contributed by atoms with E-state index in [0.717, 1.165) is 42.6 Å². The fraction of sp³-hybridized carbons (Fsp3) is 0.629. The fourth-order valence-corrected chi connectivity index (χ4v) is 5.13. The molecule has 4 heteroatoms. The molecule has 0 aliphatic rings. The molecule has 39 heavy (non-hydrogen) atoms. The molecule has 0 heterocycles. The molecule has 0 radical (unpaired) electrons. The summed E-state index contributed by atoms with van der Waals surface area (Å²) in [6.45, 7) is 6.59. The van der Waals surface area contributed by atoms with Crippen molar-refractivity contribution in [2.75, 3.05) is 27.2 Å². The molecule has 218 valence electrons. The maximum Gasteiger partial charge on any atom is 0.305 e. The summed E-state index contributed by atoms with van der Waals surface area (Å²) < 4.78 is 12.6. The summed E-state index contributed by atoms with van der Waals surface area (Å²) in [4.78, 5) is 12.3. The number of unbranched alkanes of at least 4 members (excludes halogenated alkanes) is 10. The zero-order valence-electron chi connectivity index (χ0n) is 25.5. The molecule has 1 atom stereocenters. The summed E-state index contributed by atoms with van der Waals surface area (Å²) in [6, 6.07) is 18.9. The summed E-state index contributed by atoms with van der Waals surface area (Å²) in [5.74, 6) is 0.799. The molecule has 0 fully saturated rings. The van der Waals surface area contributed by atoms with Gasteiger partial charge in [0.1, 0.15) is 25.0 Å². The summed E-state index contributed by atoms with van der Waals surface area (Å²) in [5.41, 5.74) is 2.60. The van der Waals surface area contributed by atoms with Crippen LogP contribution in [0.1, 0.15) is 108 Å². The van der Waals surface area contributed by atoms with Crippen LogP contribution in [0.25, 0.3) is 0 Å². The third kappa shape index (κ3) is 15.8. The first-order valence-electron chi connectivity index (χ1n) is 15.7. The second-order valence-corrected chi connectivity index (χ2v) is 11.9. The van der Waals surface area contributed by atoms with E-state index >= 15 is 0 Å². The van der Waals surface area contributed by atoms with Crippen LogP contribution in [-0.4, -0.2) is 43.8 Å². The van der Waals surface area contributed by atoms with Gasteiger partial charge in [0.05, 0.1) is 20.6 Å². The van der Waals surface area contributed by atoms with Gasteiger partial charge in [-0.2, -0.15) is 0 Å². The molecular weight excluding hydrogens is 482 g/mol. The predicted molar refractivity (Wildman–Crippen MR) is 164 cm³/mol. The summed E-state index contributed by atoms with van der Waals surface area (Å²) >= 11 is 0. The molecule has 2 rings (SSSR count). The quantitative estimate of drug-likeness (QED) is 0.0853. The molecule has 2 aromatic carbocycles. The maximum atomic E-state index is 12.3. The van der Waals surface area contributed by atoms with E-state index in [4.69, 9.17) is 9.47 Å². The number of carbonyl (C=O) groups is 1. The lowest BCUT2D eigenvalue weighted by Gasteiger charge is -2.30. The standard InChI is InChI=1S/C35H56NO3/c1-5-6-7-8-9-10-11-12-13-17-24-33-25-18-19-26-34(33)39-31(2)30-38-35(37)27-20-21-28-36(3,4)29-32-22-15-14-16-23-32/h14-16,18-19,22-23,25-26,31H,5-13,17,20-21,24,27-30H2,1-4H3/q+1. The molecule has 0 amide bonds. The molecule has 0 bridgehead atoms. The van der Waals surface area contributed by atoms with Crippen molar-refractivity contribution >= 4 is 5.97 Å². The third-order valence-corrected chi connectivity index (χ3v) is 7.43. The van der Waals surface area contributed by atoms with Gasteiger partial charge in [0, 0.05) is 12.0 Å². The molecular formula is C35H56NO3+. The second-order valence-electron chi connectivity index (χ2n) is 11.9. The first kappa shape index (κ1) is 32.9. The number of nitrogens with zero attached hydrogens (tertiary/aromatic N) is 1. The van der Waals surface area contributed by atoms with Crippen molar-refractivity contribution in [1.29, 1.82) is 0 Å². The summed E-state index contributed by atoms with van der Waals surface area (Å²) in [5, 5.41) is 0. The normalized spacial score (nSPS) is 12.3. The van der Waals surface area contributed by atoms with Crippen LogP contribution in [0, 0.1) is 0 Å². The Kier molecular flexibility index (Phi) is 16.6. The Labute approximate surface area is 239 Å². The minimum Gasteiger partial charge on any atom is -0.487 e. The minimum absolute atomic E-state index is 0.127. The third-order valence-electron chi connectivity index (χ3n) is 7.43. The highest BCUT2D eigenvalue weighted by molar-refractivity contribution is 5.69. The topological polar surface area (TPSA) is 35.5 Å². The highest BCUT2D eigenvalue weighted by Gasteiger charge is 2.16. The average molecular weight is 539 g/mol. The predicted octanol–water partition coefficient (Wildman–Crippen LogP) is 8.91. The SMILES string of the molecule is CCCCCCCCCCCCc1ccccc1OC(C)COC(=O)CCCC[N+](C)(C)Cc1ccccc1. The molecule has 0 aliphatic carbocycles. The Bertz CT molecular complexity index is 896. The number of benzene rings is 2. The lowest BCUT2D eigenvalue weighted by atomic mass is 10.0. The molecule has 0 spiro atoms. The second kappa shape index (κ2) is 19.7. The van der Waals surface area contributed by atoms with Gasteiger partial charge in [-0.05, 0) is 44.2 Å². The van der Waals surface area contributed by atoms with Crippen LogP contribution in [0.2, 0.25) is 0 Å². The number of rotatable bonds is 22. The highest BCUT2D eigenvalue weighted by atomic mass is 16.6. The lowest BCUT2D eigenvalue weighted by molar-refractivity contribution is -0.903. The Hall–Kier alpha value is -2.33. The number of esters is 1. The van der Waals surface area contributed by atoms with E-state index in [1.807, 2.05) is 19.1 Å². The van der Waals surface area contributed by atoms with Gasteiger partial charge in [0.2, 0.25) is 0 Å². The Balaban J connectivity index is 1.58. The van der Waals surface area contributed by atoms with Crippen LogP contribution in [0.3, 0.4) is 0 Å². The van der Waals surface area contributed by atoms with Gasteiger partial charge in [-0.25, -0.2) is 0 Å². The Morgan fingerprint density at radius 2 is 1.38 bits per heavy atom. The minimum atomic E-state index is -0.163. The van der Waals surface area contributed by atoms with Crippen LogP contribution in [0.4, 0.5) is 0 Å². The average Bonchev–Trinajstić information content (AvgIpc) is 2.92. The zero-order chi connectivity index (χ0) is 28.2. The molecule has 4 nitrogen and oxygen atoms in total. The van der Waals surface area contributed by atoms with Crippen molar-refractivity contribution < 1.29 is 18.8 Å². The molecule has 0 saturated carbocycles. The first-order valence-corrected chi connectivity index (χ1v) is 15.7. The van der Waals surface area contributed by atoms with Crippen molar-refractivity contribution in [1.82, 2.24) is 0 Å². The van der Waals surface area contributed by atoms with E-state index in [1.165, 1.54) is 75.3 Å². The molecule has 0 aliphatic heterocycles. The van der Waals surface area contributed by atoms with Crippen molar-refractivity contribution in [3.63, 3.8) is 0 Å². The van der Waals surface area contributed by atoms with Gasteiger partial charge >= 0.3 is 5.97 Å². The fourth-order valence-electron chi connectivity index (χ4n) is 5.13. The number of ether oxygens (including phenoxy) is 2. The van der Waals surface area contributed by atoms with Crippen LogP contribution >= 0.6 is 0 Å². The van der Waals surface area contributed by atoms with E-state index < -0.39 is 0 Å². The van der Waals surface area contributed by atoms with E-state index in [1.54, 1.807) is 0 Å². The van der Waals surface area contributed by atoms with Gasteiger partial charge in [0.15, 0.2) is 0 Å². The maximum absolute atomic E-state index is 12.3. The van der Waals surface area contributed by atoms with Crippen LogP contribution < -0.4 is 4.74 Å². The summed E-state index contributed by atoms with van der Waals surface area (Å²) in [7, 11) is 4.50. The van der Waals surface area contributed by atoms with Crippen molar-refractivity contribution in [2.24, 2.45) is 0 Å².